The Bertz CT molecular complexity index is 2320. The molecule has 0 unspecified atom stereocenters. The number of allylic oxidation sites excluding steroid dienone is 1. The number of aromatic amines is 1. The first-order chi connectivity index (χ1) is 29.2. The number of nitrogens with one attached hydrogen (secondary N) is 4. The second-order valence-corrected chi connectivity index (χ2v) is 16.5. The van der Waals surface area contributed by atoms with E-state index in [-0.39, 0.29) is 30.7 Å². The van der Waals surface area contributed by atoms with Crippen LogP contribution in [0.4, 0.5) is 0 Å². The maximum Gasteiger partial charge on any atom is 0.245 e. The molecular weight excluding hydrogens is 796 g/mol. The van der Waals surface area contributed by atoms with E-state index in [9.17, 15) is 14.4 Å². The molecule has 1 aliphatic carbocycles. The van der Waals surface area contributed by atoms with Crippen molar-refractivity contribution in [2.45, 2.75) is 86.1 Å². The molecule has 3 heterocycles. The summed E-state index contributed by atoms with van der Waals surface area (Å²) < 4.78 is 0. The van der Waals surface area contributed by atoms with Crippen LogP contribution in [0.5, 0.6) is 0 Å². The molecule has 0 saturated heterocycles. The first-order valence-corrected chi connectivity index (χ1v) is 21.6. The first kappa shape index (κ1) is 42.7. The number of H-pyrrole nitrogens is 1. The van der Waals surface area contributed by atoms with Gasteiger partial charge in [-0.2, -0.15) is 5.10 Å². The van der Waals surface area contributed by atoms with Gasteiger partial charge >= 0.3 is 0 Å². The zero-order valence-corrected chi connectivity index (χ0v) is 35.2. The Hall–Kier alpha value is -5.38. The number of nitrogens with zero attached hydrogens (tertiary/aromatic N) is 4. The van der Waals surface area contributed by atoms with Crippen LogP contribution in [0.3, 0.4) is 0 Å². The van der Waals surface area contributed by atoms with Crippen LogP contribution in [-0.4, -0.2) is 81.0 Å². The van der Waals surface area contributed by atoms with Crippen LogP contribution in [-0.2, 0) is 33.9 Å². The van der Waals surface area contributed by atoms with Gasteiger partial charge in [0, 0.05) is 43.2 Å². The van der Waals surface area contributed by atoms with Gasteiger partial charge in [0.1, 0.15) is 23.4 Å². The number of halogens is 1. The number of amides is 3. The van der Waals surface area contributed by atoms with Gasteiger partial charge in [-0.15, -0.1) is 0 Å². The van der Waals surface area contributed by atoms with Crippen LogP contribution < -0.4 is 27.4 Å². The number of fused-ring (bicyclic) bond motifs is 3. The Balaban J connectivity index is 1.32. The molecule has 0 fully saturated rings. The molecular formula is C45H51ClN10O3S. The van der Waals surface area contributed by atoms with Gasteiger partial charge in [0.05, 0.1) is 11.1 Å². The molecule has 2 aliphatic rings. The highest BCUT2D eigenvalue weighted by Gasteiger charge is 2.35. The van der Waals surface area contributed by atoms with Crippen molar-refractivity contribution in [3.63, 3.8) is 0 Å². The number of unbranched alkanes of at least 4 members (excludes halogenated alkanes) is 1. The van der Waals surface area contributed by atoms with Gasteiger partial charge in [-0.3, -0.25) is 19.5 Å². The molecule has 0 bridgehead atoms. The lowest BCUT2D eigenvalue weighted by atomic mass is 9.96. The van der Waals surface area contributed by atoms with Crippen molar-refractivity contribution >= 4 is 46.7 Å². The summed E-state index contributed by atoms with van der Waals surface area (Å²) in [6, 6.07) is 21.2. The zero-order chi connectivity index (χ0) is 42.0. The number of hydrogen-bond acceptors (Lipinski definition) is 10. The SMILES string of the molecule is CN1C(=O)[C@H](CCCCN)NC(=O)[C@H](CCCN)NCc2cccnc2Sc2c(Cl)ccc(-c3ccc(-c4ncn[nH]4)cc3)c2CNC(=O)[C@@H]1CC1=CCc2ccccc21. The predicted molar refractivity (Wildman–Crippen MR) is 236 cm³/mol. The topological polar surface area (TPSA) is 197 Å². The number of carbonyl (C=O) groups is 3. The van der Waals surface area contributed by atoms with Gasteiger partial charge in [-0.1, -0.05) is 90.1 Å². The number of benzene rings is 3. The summed E-state index contributed by atoms with van der Waals surface area (Å²) in [4.78, 5) is 55.0. The average Bonchev–Trinajstić information content (AvgIpc) is 3.96. The Morgan fingerprint density at radius 1 is 0.817 bits per heavy atom. The summed E-state index contributed by atoms with van der Waals surface area (Å²) in [5.41, 5.74) is 19.3. The molecule has 15 heteroatoms. The molecule has 0 spiro atoms. The summed E-state index contributed by atoms with van der Waals surface area (Å²) >= 11 is 8.50. The van der Waals surface area contributed by atoms with E-state index < -0.39 is 18.1 Å². The third kappa shape index (κ3) is 9.96. The second kappa shape index (κ2) is 20.3. The maximum absolute atomic E-state index is 14.8. The Labute approximate surface area is 359 Å². The van der Waals surface area contributed by atoms with Crippen molar-refractivity contribution in [3.8, 4) is 22.5 Å². The number of pyridine rings is 1. The molecule has 3 atom stereocenters. The lowest BCUT2D eigenvalue weighted by Crippen LogP contribution is -2.56. The van der Waals surface area contributed by atoms with Gasteiger partial charge in [0.15, 0.2) is 5.82 Å². The van der Waals surface area contributed by atoms with E-state index in [1.807, 2.05) is 60.7 Å². The lowest BCUT2D eigenvalue weighted by Gasteiger charge is -2.32. The molecule has 8 N–H and O–H groups in total. The number of carbonyl (C=O) groups excluding carboxylic acids is 3. The van der Waals surface area contributed by atoms with Crippen molar-refractivity contribution in [1.82, 2.24) is 41.0 Å². The quantitative estimate of drug-likeness (QED) is 0.0906. The molecule has 312 valence electrons. The number of rotatable bonds is 11. The normalized spacial score (nSPS) is 18.8. The zero-order valence-electron chi connectivity index (χ0n) is 33.6. The van der Waals surface area contributed by atoms with Gasteiger partial charge < -0.3 is 32.3 Å². The van der Waals surface area contributed by atoms with E-state index in [1.165, 1.54) is 28.6 Å². The number of nitrogens with two attached hydrogens (primary N) is 2. The molecule has 60 heavy (non-hydrogen) atoms. The Morgan fingerprint density at radius 2 is 1.58 bits per heavy atom. The number of hydrogen-bond donors (Lipinski definition) is 6. The molecule has 0 radical (unpaired) electrons. The van der Waals surface area contributed by atoms with E-state index in [4.69, 9.17) is 28.1 Å². The molecule has 5 aromatic rings. The van der Waals surface area contributed by atoms with E-state index in [0.717, 1.165) is 50.3 Å². The molecule has 1 aliphatic heterocycles. The van der Waals surface area contributed by atoms with E-state index in [1.54, 1.807) is 13.2 Å². The minimum Gasteiger partial charge on any atom is -0.350 e. The van der Waals surface area contributed by atoms with E-state index >= 15 is 0 Å². The molecule has 13 nitrogen and oxygen atoms in total. The molecule has 2 aromatic heterocycles. The highest BCUT2D eigenvalue weighted by Crippen LogP contribution is 2.41. The van der Waals surface area contributed by atoms with Crippen LogP contribution in [0.2, 0.25) is 5.02 Å². The third-order valence-electron chi connectivity index (χ3n) is 11.2. The van der Waals surface area contributed by atoms with Crippen molar-refractivity contribution in [2.24, 2.45) is 11.5 Å². The summed E-state index contributed by atoms with van der Waals surface area (Å²) in [6.07, 6.45) is 9.05. The molecule has 0 saturated carbocycles. The van der Waals surface area contributed by atoms with Gasteiger partial charge in [-0.25, -0.2) is 9.97 Å². The fourth-order valence-corrected chi connectivity index (χ4v) is 9.15. The standard InChI is InChI=1S/C45H51ClN10O3S/c1-56-39(24-31-18-15-28-8-2-3-10-33(28)31)43(58)51-26-35-34(29-13-16-30(17-14-29)41-52-27-53-55-41)19-20-36(46)40(35)60-44-32(9-7-23-49-44)25-50-37(12-6-22-48)42(57)54-38(45(56)59)11-4-5-21-47/h2-3,7-10,13-14,16-20,23,27,37-39,50H,4-6,11-12,15,21-22,24-26,47-48H2,1H3,(H,51,58)(H,54,57)(H,52,53,55)/t37-,38-,39-/m0/s1. The van der Waals surface area contributed by atoms with Crippen molar-refractivity contribution < 1.29 is 14.4 Å². The van der Waals surface area contributed by atoms with Gasteiger partial charge in [0.2, 0.25) is 17.7 Å². The highest BCUT2D eigenvalue weighted by atomic mass is 35.5. The fourth-order valence-electron chi connectivity index (χ4n) is 7.81. The first-order valence-electron chi connectivity index (χ1n) is 20.4. The molecule has 7 rings (SSSR count). The minimum absolute atomic E-state index is 0.104. The Morgan fingerprint density at radius 3 is 2.37 bits per heavy atom. The highest BCUT2D eigenvalue weighted by molar-refractivity contribution is 7.99. The third-order valence-corrected chi connectivity index (χ3v) is 12.8. The van der Waals surface area contributed by atoms with Crippen molar-refractivity contribution in [1.29, 1.82) is 0 Å². The summed E-state index contributed by atoms with van der Waals surface area (Å²) in [6.45, 7) is 1.27. The number of aromatic nitrogens is 4. The summed E-state index contributed by atoms with van der Waals surface area (Å²) in [5, 5.41) is 17.8. The van der Waals surface area contributed by atoms with Crippen LogP contribution >= 0.6 is 23.4 Å². The van der Waals surface area contributed by atoms with Gasteiger partial charge in [-0.05, 0) is 103 Å². The summed E-state index contributed by atoms with van der Waals surface area (Å²) in [7, 11) is 1.65. The lowest BCUT2D eigenvalue weighted by molar-refractivity contribution is -0.142. The smallest absolute Gasteiger partial charge is 0.245 e. The maximum atomic E-state index is 14.8. The van der Waals surface area contributed by atoms with Crippen LogP contribution in [0, 0.1) is 0 Å². The molecule has 3 amide bonds. The Kier molecular flexibility index (Phi) is 14.4. The van der Waals surface area contributed by atoms with E-state index in [0.29, 0.717) is 67.6 Å². The summed E-state index contributed by atoms with van der Waals surface area (Å²) in [5.74, 6) is -0.354. The van der Waals surface area contributed by atoms with Crippen LogP contribution in [0.15, 0.2) is 101 Å². The average molecular weight is 847 g/mol. The number of likely N-dealkylation sites (N-methyl/N-ethyl adjacent to an activating group) is 1. The van der Waals surface area contributed by atoms with Crippen molar-refractivity contribution in [3.05, 3.63) is 119 Å². The monoisotopic (exact) mass is 846 g/mol. The van der Waals surface area contributed by atoms with Crippen LogP contribution in [0.25, 0.3) is 28.1 Å². The van der Waals surface area contributed by atoms with E-state index in [2.05, 4.69) is 49.3 Å². The minimum atomic E-state index is -0.909. The fraction of sp³-hybridized carbons (Fsp3) is 0.333. The largest absolute Gasteiger partial charge is 0.350 e. The molecule has 3 aromatic carbocycles. The van der Waals surface area contributed by atoms with Gasteiger partial charge in [0.25, 0.3) is 0 Å². The van der Waals surface area contributed by atoms with Crippen LogP contribution in [0.1, 0.15) is 60.8 Å². The second-order valence-electron chi connectivity index (χ2n) is 15.1. The van der Waals surface area contributed by atoms with Crippen molar-refractivity contribution in [2.75, 3.05) is 20.1 Å². The predicted octanol–water partition coefficient (Wildman–Crippen LogP) is 5.64.